The highest BCUT2D eigenvalue weighted by Crippen LogP contribution is 2.21. The number of carboxylic acid groups (broad SMARTS) is 2. The van der Waals surface area contributed by atoms with Crippen molar-refractivity contribution in [1.82, 2.24) is 15.5 Å². The van der Waals surface area contributed by atoms with Gasteiger partial charge in [-0.1, -0.05) is 13.8 Å². The molecule has 1 heterocycles. The molecule has 0 saturated carbocycles. The van der Waals surface area contributed by atoms with Gasteiger partial charge in [0, 0.05) is 6.54 Å². The quantitative estimate of drug-likeness (QED) is 0.186. The first kappa shape index (κ1) is 26.8. The van der Waals surface area contributed by atoms with Crippen LogP contribution < -0.4 is 22.1 Å². The molecule has 0 aromatic rings. The van der Waals surface area contributed by atoms with Crippen molar-refractivity contribution in [3.63, 3.8) is 0 Å². The van der Waals surface area contributed by atoms with Crippen LogP contribution in [0.2, 0.25) is 0 Å². The molecule has 0 bridgehead atoms. The van der Waals surface area contributed by atoms with Crippen molar-refractivity contribution < 1.29 is 39.0 Å². The summed E-state index contributed by atoms with van der Waals surface area (Å²) in [5.41, 5.74) is 10.7. The molecule has 180 valence electrons. The van der Waals surface area contributed by atoms with Gasteiger partial charge in [-0.05, 0) is 25.2 Å². The van der Waals surface area contributed by atoms with Gasteiger partial charge >= 0.3 is 11.9 Å². The molecule has 0 radical (unpaired) electrons. The second kappa shape index (κ2) is 12.0. The minimum absolute atomic E-state index is 0.0153. The van der Waals surface area contributed by atoms with Crippen molar-refractivity contribution >= 4 is 35.6 Å². The number of hydrogen-bond donors (Lipinski definition) is 6. The summed E-state index contributed by atoms with van der Waals surface area (Å²) >= 11 is 0. The molecular weight excluding hydrogens is 426 g/mol. The highest BCUT2D eigenvalue weighted by molar-refractivity contribution is 5.95. The van der Waals surface area contributed by atoms with Crippen LogP contribution >= 0.6 is 0 Å². The maximum Gasteiger partial charge on any atom is 0.326 e. The summed E-state index contributed by atoms with van der Waals surface area (Å²) in [6.07, 6.45) is -0.269. The monoisotopic (exact) mass is 457 g/mol. The van der Waals surface area contributed by atoms with Crippen LogP contribution in [0, 0.1) is 5.92 Å². The molecule has 13 nitrogen and oxygen atoms in total. The minimum atomic E-state index is -1.64. The molecule has 0 aromatic heterocycles. The third-order valence-electron chi connectivity index (χ3n) is 4.91. The summed E-state index contributed by atoms with van der Waals surface area (Å²) in [4.78, 5) is 72.4. The van der Waals surface area contributed by atoms with Crippen LogP contribution in [0.15, 0.2) is 0 Å². The Morgan fingerprint density at radius 2 is 1.66 bits per heavy atom. The van der Waals surface area contributed by atoms with E-state index in [1.807, 2.05) is 13.8 Å². The lowest BCUT2D eigenvalue weighted by Crippen LogP contribution is -2.57. The van der Waals surface area contributed by atoms with Crippen LogP contribution in [0.5, 0.6) is 0 Å². The molecule has 4 atom stereocenters. The predicted octanol–water partition coefficient (Wildman–Crippen LogP) is -2.24. The van der Waals surface area contributed by atoms with Gasteiger partial charge in [-0.2, -0.15) is 0 Å². The van der Waals surface area contributed by atoms with Crippen LogP contribution in [-0.4, -0.2) is 81.4 Å². The molecule has 0 spiro atoms. The van der Waals surface area contributed by atoms with Gasteiger partial charge < -0.3 is 37.2 Å². The summed E-state index contributed by atoms with van der Waals surface area (Å²) < 4.78 is 0. The molecular formula is C19H31N5O8. The number of carbonyl (C=O) groups excluding carboxylic acids is 4. The molecule has 1 fully saturated rings. The lowest BCUT2D eigenvalue weighted by Gasteiger charge is -2.30. The average molecular weight is 457 g/mol. The second-order valence-corrected chi connectivity index (χ2v) is 8.15. The number of primary amides is 1. The first-order valence-electron chi connectivity index (χ1n) is 10.2. The number of carbonyl (C=O) groups is 6. The highest BCUT2D eigenvalue weighted by Gasteiger charge is 2.39. The van der Waals surface area contributed by atoms with Crippen molar-refractivity contribution in [2.24, 2.45) is 17.4 Å². The lowest BCUT2D eigenvalue weighted by molar-refractivity contribution is -0.148. The normalized spacial score (nSPS) is 18.5. The van der Waals surface area contributed by atoms with E-state index in [4.69, 9.17) is 21.7 Å². The molecule has 0 aromatic carbocycles. The van der Waals surface area contributed by atoms with E-state index >= 15 is 0 Å². The molecule has 1 aliphatic rings. The number of aliphatic carboxylic acids is 2. The Hall–Kier alpha value is -3.22. The van der Waals surface area contributed by atoms with Gasteiger partial charge in [0.25, 0.3) is 0 Å². The van der Waals surface area contributed by atoms with Gasteiger partial charge in [0.2, 0.25) is 23.6 Å². The Morgan fingerprint density at radius 3 is 2.16 bits per heavy atom. The van der Waals surface area contributed by atoms with Crippen molar-refractivity contribution in [2.45, 2.75) is 70.1 Å². The number of rotatable bonds is 12. The van der Waals surface area contributed by atoms with Gasteiger partial charge in [0.15, 0.2) is 0 Å². The fraction of sp³-hybridized carbons (Fsp3) is 0.684. The summed E-state index contributed by atoms with van der Waals surface area (Å²) in [7, 11) is 0. The zero-order valence-corrected chi connectivity index (χ0v) is 18.1. The van der Waals surface area contributed by atoms with E-state index in [-0.39, 0.29) is 25.3 Å². The zero-order valence-electron chi connectivity index (χ0n) is 18.1. The number of likely N-dealkylation sites (tertiary alicyclic amines) is 1. The van der Waals surface area contributed by atoms with Gasteiger partial charge in [0.1, 0.15) is 18.1 Å². The Bertz CT molecular complexity index is 756. The third kappa shape index (κ3) is 8.13. The number of nitrogens with one attached hydrogen (secondary N) is 2. The van der Waals surface area contributed by atoms with Gasteiger partial charge in [-0.25, -0.2) is 4.79 Å². The molecule has 1 saturated heterocycles. The second-order valence-electron chi connectivity index (χ2n) is 8.15. The topological polar surface area (TPSA) is 222 Å². The summed E-state index contributed by atoms with van der Waals surface area (Å²) in [5, 5.41) is 22.6. The van der Waals surface area contributed by atoms with Crippen LogP contribution in [-0.2, 0) is 28.8 Å². The largest absolute Gasteiger partial charge is 0.481 e. The molecule has 1 aliphatic heterocycles. The van der Waals surface area contributed by atoms with Gasteiger partial charge in [-0.3, -0.25) is 24.0 Å². The molecule has 0 aliphatic carbocycles. The van der Waals surface area contributed by atoms with Crippen molar-refractivity contribution in [3.05, 3.63) is 0 Å². The van der Waals surface area contributed by atoms with E-state index in [1.54, 1.807) is 0 Å². The van der Waals surface area contributed by atoms with E-state index in [2.05, 4.69) is 10.6 Å². The van der Waals surface area contributed by atoms with Gasteiger partial charge in [0.05, 0.1) is 18.9 Å². The fourth-order valence-corrected chi connectivity index (χ4v) is 3.43. The maximum atomic E-state index is 13.2. The number of nitrogens with zero attached hydrogens (tertiary/aromatic N) is 1. The standard InChI is InChI=1S/C19H31N5O8/c1-9(2)6-11(22-16(28)10(20)7-14(21)25)18(30)24-5-3-4-13(24)17(29)23-12(19(31)32)8-15(26)27/h9-13H,3-8,20H2,1-2H3,(H2,21,25)(H,22,28)(H,23,29)(H,26,27)(H,31,32). The van der Waals surface area contributed by atoms with Gasteiger partial charge in [-0.15, -0.1) is 0 Å². The van der Waals surface area contributed by atoms with E-state index < -0.39 is 72.6 Å². The fourth-order valence-electron chi connectivity index (χ4n) is 3.43. The van der Waals surface area contributed by atoms with E-state index in [0.717, 1.165) is 0 Å². The van der Waals surface area contributed by atoms with E-state index in [1.165, 1.54) is 4.90 Å². The zero-order chi connectivity index (χ0) is 24.6. The van der Waals surface area contributed by atoms with Crippen LogP contribution in [0.3, 0.4) is 0 Å². The molecule has 4 amide bonds. The summed E-state index contributed by atoms with van der Waals surface area (Å²) in [6.45, 7) is 3.85. The molecule has 32 heavy (non-hydrogen) atoms. The third-order valence-corrected chi connectivity index (χ3v) is 4.91. The number of carboxylic acids is 2. The van der Waals surface area contributed by atoms with Crippen LogP contribution in [0.25, 0.3) is 0 Å². The van der Waals surface area contributed by atoms with Crippen LogP contribution in [0.4, 0.5) is 0 Å². The predicted molar refractivity (Wildman–Crippen MR) is 110 cm³/mol. The van der Waals surface area contributed by atoms with Crippen LogP contribution in [0.1, 0.15) is 46.0 Å². The summed E-state index contributed by atoms with van der Waals surface area (Å²) in [5.74, 6) is -5.78. The Morgan fingerprint density at radius 1 is 1.03 bits per heavy atom. The highest BCUT2D eigenvalue weighted by atomic mass is 16.4. The smallest absolute Gasteiger partial charge is 0.326 e. The molecule has 13 heteroatoms. The first-order valence-corrected chi connectivity index (χ1v) is 10.2. The number of hydrogen-bond acceptors (Lipinski definition) is 7. The molecule has 8 N–H and O–H groups in total. The molecule has 4 unspecified atom stereocenters. The molecule has 1 rings (SSSR count). The Kier molecular flexibility index (Phi) is 10.0. The number of amides is 4. The Balaban J connectivity index is 2.96. The lowest BCUT2D eigenvalue weighted by atomic mass is 10.0. The van der Waals surface area contributed by atoms with Crippen molar-refractivity contribution in [1.29, 1.82) is 0 Å². The SMILES string of the molecule is CC(C)CC(NC(=O)C(N)CC(N)=O)C(=O)N1CCCC1C(=O)NC(CC(=O)O)C(=O)O. The minimum Gasteiger partial charge on any atom is -0.481 e. The van der Waals surface area contributed by atoms with Crippen molar-refractivity contribution in [2.75, 3.05) is 6.54 Å². The van der Waals surface area contributed by atoms with E-state index in [9.17, 15) is 28.8 Å². The average Bonchev–Trinajstić information content (AvgIpc) is 3.14. The maximum absolute atomic E-state index is 13.2. The van der Waals surface area contributed by atoms with E-state index in [0.29, 0.717) is 6.42 Å². The van der Waals surface area contributed by atoms with Crippen molar-refractivity contribution in [3.8, 4) is 0 Å². The number of nitrogens with two attached hydrogens (primary N) is 2. The summed E-state index contributed by atoms with van der Waals surface area (Å²) in [6, 6.07) is -4.91. The Labute approximate surface area is 184 Å². The first-order chi connectivity index (χ1) is 14.8.